The molecule has 21 heavy (non-hydrogen) atoms. The van der Waals surface area contributed by atoms with Gasteiger partial charge in [-0.3, -0.25) is 0 Å². The number of nitrogens with zero attached hydrogens (tertiary/aromatic N) is 3. The first-order chi connectivity index (χ1) is 10.3. The van der Waals surface area contributed by atoms with E-state index in [1.54, 1.807) is 0 Å². The van der Waals surface area contributed by atoms with Gasteiger partial charge in [0.25, 0.3) is 0 Å². The van der Waals surface area contributed by atoms with Gasteiger partial charge in [-0.15, -0.1) is 0 Å². The standard InChI is InChI=1S/C16H22N4O/c1-3-17-13-9-5-4-8-12(13)16-19-15(20-21-16)14-10-6-7-11(2)18-14/h6-7,10,12-13,17H,3-5,8-9H2,1-2H3. The third-order valence-electron chi connectivity index (χ3n) is 4.11. The minimum atomic E-state index is 0.324. The predicted molar refractivity (Wildman–Crippen MR) is 80.9 cm³/mol. The minimum Gasteiger partial charge on any atom is -0.339 e. The third kappa shape index (κ3) is 3.13. The quantitative estimate of drug-likeness (QED) is 0.935. The van der Waals surface area contributed by atoms with E-state index in [2.05, 4.69) is 27.4 Å². The lowest BCUT2D eigenvalue weighted by molar-refractivity contribution is 0.265. The summed E-state index contributed by atoms with van der Waals surface area (Å²) in [6, 6.07) is 6.30. The highest BCUT2D eigenvalue weighted by atomic mass is 16.5. The van der Waals surface area contributed by atoms with Crippen molar-refractivity contribution in [3.8, 4) is 11.5 Å². The van der Waals surface area contributed by atoms with Gasteiger partial charge >= 0.3 is 0 Å². The zero-order valence-electron chi connectivity index (χ0n) is 12.7. The highest BCUT2D eigenvalue weighted by Gasteiger charge is 2.30. The monoisotopic (exact) mass is 286 g/mol. The van der Waals surface area contributed by atoms with Gasteiger partial charge in [0.2, 0.25) is 11.7 Å². The largest absolute Gasteiger partial charge is 0.339 e. The van der Waals surface area contributed by atoms with E-state index in [1.165, 1.54) is 19.3 Å². The predicted octanol–water partition coefficient (Wildman–Crippen LogP) is 3.08. The molecule has 1 fully saturated rings. The second-order valence-corrected chi connectivity index (χ2v) is 5.68. The highest BCUT2D eigenvalue weighted by molar-refractivity contribution is 5.48. The molecule has 0 aromatic carbocycles. The Hall–Kier alpha value is -1.75. The van der Waals surface area contributed by atoms with E-state index in [0.29, 0.717) is 17.8 Å². The highest BCUT2D eigenvalue weighted by Crippen LogP contribution is 2.32. The number of hydrogen-bond acceptors (Lipinski definition) is 5. The van der Waals surface area contributed by atoms with Crippen molar-refractivity contribution in [1.29, 1.82) is 0 Å². The van der Waals surface area contributed by atoms with Crippen LogP contribution in [0.5, 0.6) is 0 Å². The first-order valence-corrected chi connectivity index (χ1v) is 7.79. The van der Waals surface area contributed by atoms with Crippen LogP contribution < -0.4 is 5.32 Å². The number of aromatic nitrogens is 3. The van der Waals surface area contributed by atoms with Crippen molar-refractivity contribution in [3.63, 3.8) is 0 Å². The van der Waals surface area contributed by atoms with Gasteiger partial charge in [-0.1, -0.05) is 31.0 Å². The van der Waals surface area contributed by atoms with Crippen LogP contribution in [0.1, 0.15) is 50.1 Å². The molecule has 0 amide bonds. The molecule has 2 heterocycles. The number of aryl methyl sites for hydroxylation is 1. The summed E-state index contributed by atoms with van der Waals surface area (Å²) in [7, 11) is 0. The maximum atomic E-state index is 5.53. The van der Waals surface area contributed by atoms with Crippen LogP contribution in [0, 0.1) is 6.92 Å². The average molecular weight is 286 g/mol. The fourth-order valence-corrected chi connectivity index (χ4v) is 3.09. The van der Waals surface area contributed by atoms with Crippen molar-refractivity contribution in [1.82, 2.24) is 20.4 Å². The number of nitrogens with one attached hydrogen (secondary N) is 1. The van der Waals surface area contributed by atoms with Crippen molar-refractivity contribution < 1.29 is 4.52 Å². The summed E-state index contributed by atoms with van der Waals surface area (Å²) in [5.74, 6) is 1.67. The molecule has 0 spiro atoms. The topological polar surface area (TPSA) is 63.8 Å². The smallest absolute Gasteiger partial charge is 0.231 e. The lowest BCUT2D eigenvalue weighted by Gasteiger charge is -2.29. The summed E-state index contributed by atoms with van der Waals surface area (Å²) in [5.41, 5.74) is 1.74. The molecule has 3 rings (SSSR count). The van der Waals surface area contributed by atoms with E-state index in [9.17, 15) is 0 Å². The van der Waals surface area contributed by atoms with Gasteiger partial charge < -0.3 is 9.84 Å². The van der Waals surface area contributed by atoms with E-state index < -0.39 is 0 Å². The van der Waals surface area contributed by atoms with Gasteiger partial charge in [0.15, 0.2) is 0 Å². The van der Waals surface area contributed by atoms with Gasteiger partial charge in [-0.25, -0.2) is 4.98 Å². The molecule has 0 radical (unpaired) electrons. The van der Waals surface area contributed by atoms with Crippen molar-refractivity contribution in [2.75, 3.05) is 6.54 Å². The molecule has 0 aliphatic heterocycles. The maximum absolute atomic E-state index is 5.53. The second-order valence-electron chi connectivity index (χ2n) is 5.68. The maximum Gasteiger partial charge on any atom is 0.231 e. The van der Waals surface area contributed by atoms with Crippen LogP contribution in [0.3, 0.4) is 0 Å². The van der Waals surface area contributed by atoms with Crippen LogP contribution >= 0.6 is 0 Å². The van der Waals surface area contributed by atoms with Crippen molar-refractivity contribution in [2.45, 2.75) is 51.5 Å². The van der Waals surface area contributed by atoms with Gasteiger partial charge in [-0.2, -0.15) is 4.98 Å². The number of hydrogen-bond donors (Lipinski definition) is 1. The van der Waals surface area contributed by atoms with Crippen LogP contribution in [-0.2, 0) is 0 Å². The van der Waals surface area contributed by atoms with Crippen molar-refractivity contribution >= 4 is 0 Å². The Morgan fingerprint density at radius 3 is 2.90 bits per heavy atom. The number of likely N-dealkylation sites (N-methyl/N-ethyl adjacent to an activating group) is 1. The first-order valence-electron chi connectivity index (χ1n) is 7.79. The summed E-state index contributed by atoms with van der Waals surface area (Å²) in [5, 5.41) is 7.67. The molecule has 1 N–H and O–H groups in total. The lowest BCUT2D eigenvalue weighted by atomic mass is 9.84. The Kier molecular flexibility index (Phi) is 4.29. The van der Waals surface area contributed by atoms with Crippen molar-refractivity contribution in [3.05, 3.63) is 29.8 Å². The molecular formula is C16H22N4O. The Morgan fingerprint density at radius 2 is 2.10 bits per heavy atom. The van der Waals surface area contributed by atoms with Gasteiger partial charge in [0.1, 0.15) is 5.69 Å². The number of pyridine rings is 1. The Balaban J connectivity index is 1.83. The molecule has 5 heteroatoms. The summed E-state index contributed by atoms with van der Waals surface area (Å²) in [6.45, 7) is 5.08. The first kappa shape index (κ1) is 14.2. The normalized spacial score (nSPS) is 22.4. The van der Waals surface area contributed by atoms with E-state index in [1.807, 2.05) is 25.1 Å². The summed E-state index contributed by atoms with van der Waals surface area (Å²) >= 11 is 0. The van der Waals surface area contributed by atoms with Crippen LogP contribution in [0.25, 0.3) is 11.5 Å². The van der Waals surface area contributed by atoms with Crippen LogP contribution in [-0.4, -0.2) is 27.7 Å². The minimum absolute atomic E-state index is 0.324. The van der Waals surface area contributed by atoms with E-state index in [0.717, 1.165) is 30.2 Å². The zero-order chi connectivity index (χ0) is 14.7. The molecule has 2 aromatic rings. The Bertz CT molecular complexity index is 593. The fourth-order valence-electron chi connectivity index (χ4n) is 3.09. The summed E-state index contributed by atoms with van der Waals surface area (Å²) < 4.78 is 5.53. The second kappa shape index (κ2) is 6.35. The average Bonchev–Trinajstić information content (AvgIpc) is 2.98. The van der Waals surface area contributed by atoms with E-state index >= 15 is 0 Å². The Labute approximate surface area is 125 Å². The molecule has 2 aromatic heterocycles. The third-order valence-corrected chi connectivity index (χ3v) is 4.11. The molecule has 112 valence electrons. The summed E-state index contributed by atoms with van der Waals surface area (Å²) in [4.78, 5) is 9.05. The molecular weight excluding hydrogens is 264 g/mol. The molecule has 1 saturated carbocycles. The molecule has 1 aliphatic carbocycles. The molecule has 0 bridgehead atoms. The fraction of sp³-hybridized carbons (Fsp3) is 0.562. The van der Waals surface area contributed by atoms with E-state index in [4.69, 9.17) is 4.52 Å². The lowest BCUT2D eigenvalue weighted by Crippen LogP contribution is -2.37. The van der Waals surface area contributed by atoms with Crippen LogP contribution in [0.4, 0.5) is 0 Å². The molecule has 2 atom stereocenters. The summed E-state index contributed by atoms with van der Waals surface area (Å²) in [6.07, 6.45) is 4.79. The molecule has 1 aliphatic rings. The van der Waals surface area contributed by atoms with Crippen LogP contribution in [0.15, 0.2) is 22.7 Å². The van der Waals surface area contributed by atoms with Crippen LogP contribution in [0.2, 0.25) is 0 Å². The Morgan fingerprint density at radius 1 is 1.24 bits per heavy atom. The van der Waals surface area contributed by atoms with E-state index in [-0.39, 0.29) is 0 Å². The van der Waals surface area contributed by atoms with Gasteiger partial charge in [0.05, 0.1) is 5.92 Å². The van der Waals surface area contributed by atoms with Crippen molar-refractivity contribution in [2.24, 2.45) is 0 Å². The molecule has 2 unspecified atom stereocenters. The number of rotatable bonds is 4. The van der Waals surface area contributed by atoms with Gasteiger partial charge in [0, 0.05) is 11.7 Å². The molecule has 0 saturated heterocycles. The SMILES string of the molecule is CCNC1CCCCC1c1nc(-c2cccc(C)n2)no1. The zero-order valence-corrected chi connectivity index (χ0v) is 12.7. The van der Waals surface area contributed by atoms with Gasteiger partial charge in [-0.05, 0) is 38.4 Å². The molecule has 5 nitrogen and oxygen atoms in total.